The number of aromatic nitrogens is 3. The Hall–Kier alpha value is -3.48. The van der Waals surface area contributed by atoms with E-state index in [4.69, 9.17) is 4.74 Å². The van der Waals surface area contributed by atoms with Crippen molar-refractivity contribution in [3.63, 3.8) is 0 Å². The Morgan fingerprint density at radius 1 is 1.21 bits per heavy atom. The van der Waals surface area contributed by atoms with Crippen molar-refractivity contribution in [3.8, 4) is 17.1 Å². The van der Waals surface area contributed by atoms with Gasteiger partial charge in [0.1, 0.15) is 5.82 Å². The Morgan fingerprint density at radius 3 is 2.82 bits per heavy atom. The number of hydrogen-bond donors (Lipinski definition) is 1. The van der Waals surface area contributed by atoms with E-state index < -0.39 is 0 Å². The monoisotopic (exact) mass is 376 g/mol. The molecule has 1 fully saturated rings. The molecule has 28 heavy (non-hydrogen) atoms. The Kier molecular flexibility index (Phi) is 4.89. The maximum atomic E-state index is 12.7. The van der Waals surface area contributed by atoms with E-state index in [1.165, 1.54) is 13.2 Å². The van der Waals surface area contributed by atoms with Crippen molar-refractivity contribution in [3.05, 3.63) is 76.5 Å². The zero-order chi connectivity index (χ0) is 19.5. The molecule has 1 amide bonds. The van der Waals surface area contributed by atoms with Gasteiger partial charge in [0.05, 0.1) is 18.4 Å². The fourth-order valence-electron chi connectivity index (χ4n) is 3.49. The summed E-state index contributed by atoms with van der Waals surface area (Å²) in [7, 11) is 1.53. The predicted octanol–water partition coefficient (Wildman–Crippen LogP) is 2.47. The lowest BCUT2D eigenvalue weighted by Gasteiger charge is -2.16. The van der Waals surface area contributed by atoms with E-state index >= 15 is 0 Å². The third-order valence-corrected chi connectivity index (χ3v) is 4.88. The number of pyridine rings is 1. The van der Waals surface area contributed by atoms with Crippen molar-refractivity contribution >= 4 is 5.91 Å². The third-order valence-electron chi connectivity index (χ3n) is 4.88. The minimum absolute atomic E-state index is 0.00414. The van der Waals surface area contributed by atoms with Gasteiger partial charge in [0, 0.05) is 36.8 Å². The second-order valence-electron chi connectivity index (χ2n) is 6.68. The largest absolute Gasteiger partial charge is 0.481 e. The lowest BCUT2D eigenvalue weighted by molar-refractivity contribution is 0.0790. The fraction of sp³-hybridized carbons (Fsp3) is 0.238. The Morgan fingerprint density at radius 2 is 2.04 bits per heavy atom. The summed E-state index contributed by atoms with van der Waals surface area (Å²) in [5.74, 6) is 0.967. The number of nitrogens with zero attached hydrogens (tertiary/aromatic N) is 3. The van der Waals surface area contributed by atoms with Gasteiger partial charge in [-0.2, -0.15) is 0 Å². The van der Waals surface area contributed by atoms with Crippen molar-refractivity contribution < 1.29 is 9.53 Å². The molecule has 1 aliphatic heterocycles. The molecule has 0 aliphatic carbocycles. The number of nitrogens with one attached hydrogen (secondary N) is 1. The maximum absolute atomic E-state index is 12.7. The molecule has 0 bridgehead atoms. The number of carbonyl (C=O) groups excluding carboxylic acids is 1. The molecule has 2 aromatic heterocycles. The van der Waals surface area contributed by atoms with E-state index in [1.807, 2.05) is 36.4 Å². The Labute approximate surface area is 162 Å². The quantitative estimate of drug-likeness (QED) is 0.756. The molecule has 1 N–H and O–H groups in total. The van der Waals surface area contributed by atoms with Crippen LogP contribution in [0, 0.1) is 0 Å². The van der Waals surface area contributed by atoms with Crippen LogP contribution in [0.2, 0.25) is 0 Å². The molecule has 1 aliphatic rings. The van der Waals surface area contributed by atoms with Gasteiger partial charge in [-0.3, -0.25) is 9.59 Å². The number of carbonyl (C=O) groups is 1. The number of H-pyrrole nitrogens is 1. The number of amides is 1. The van der Waals surface area contributed by atoms with E-state index in [0.717, 1.165) is 6.42 Å². The molecular weight excluding hydrogens is 356 g/mol. The summed E-state index contributed by atoms with van der Waals surface area (Å²) in [5, 5.41) is 0. The molecule has 1 saturated heterocycles. The highest BCUT2D eigenvalue weighted by Gasteiger charge is 2.29. The van der Waals surface area contributed by atoms with E-state index in [-0.39, 0.29) is 17.4 Å². The van der Waals surface area contributed by atoms with Crippen LogP contribution in [-0.4, -0.2) is 46.0 Å². The highest BCUT2D eigenvalue weighted by atomic mass is 16.5. The van der Waals surface area contributed by atoms with Crippen LogP contribution in [0.3, 0.4) is 0 Å². The zero-order valence-electron chi connectivity index (χ0n) is 15.5. The number of likely N-dealkylation sites (tertiary alicyclic amines) is 1. The number of ether oxygens (including phenoxy) is 1. The van der Waals surface area contributed by atoms with Crippen molar-refractivity contribution in [2.75, 3.05) is 20.2 Å². The molecule has 4 rings (SSSR count). The highest BCUT2D eigenvalue weighted by molar-refractivity contribution is 5.94. The van der Waals surface area contributed by atoms with E-state index in [9.17, 15) is 9.59 Å². The first kappa shape index (κ1) is 17.9. The van der Waals surface area contributed by atoms with Crippen LogP contribution in [0.15, 0.2) is 59.5 Å². The normalized spacial score (nSPS) is 16.2. The molecule has 7 heteroatoms. The molecule has 0 unspecified atom stereocenters. The number of hydrogen-bond acceptors (Lipinski definition) is 5. The molecule has 0 radical (unpaired) electrons. The van der Waals surface area contributed by atoms with Crippen LogP contribution in [-0.2, 0) is 0 Å². The average molecular weight is 376 g/mol. The van der Waals surface area contributed by atoms with E-state index in [2.05, 4.69) is 15.0 Å². The minimum Gasteiger partial charge on any atom is -0.481 e. The molecule has 142 valence electrons. The van der Waals surface area contributed by atoms with Crippen molar-refractivity contribution in [2.45, 2.75) is 12.3 Å². The van der Waals surface area contributed by atoms with Crippen LogP contribution in [0.1, 0.15) is 28.5 Å². The van der Waals surface area contributed by atoms with Gasteiger partial charge in [0.15, 0.2) is 0 Å². The van der Waals surface area contributed by atoms with Gasteiger partial charge >= 0.3 is 0 Å². The molecule has 0 spiro atoms. The van der Waals surface area contributed by atoms with Gasteiger partial charge in [-0.05, 0) is 30.7 Å². The second-order valence-corrected chi connectivity index (χ2v) is 6.68. The van der Waals surface area contributed by atoms with Gasteiger partial charge in [0.2, 0.25) is 5.88 Å². The van der Waals surface area contributed by atoms with Gasteiger partial charge in [-0.15, -0.1) is 0 Å². The molecule has 0 saturated carbocycles. The maximum Gasteiger partial charge on any atom is 0.253 e. The number of aromatic amines is 1. The van der Waals surface area contributed by atoms with Crippen molar-refractivity contribution in [1.82, 2.24) is 19.9 Å². The molecule has 7 nitrogen and oxygen atoms in total. The smallest absolute Gasteiger partial charge is 0.253 e. The first-order valence-electron chi connectivity index (χ1n) is 9.10. The SMILES string of the molecule is COc1ncccc1-c1cc(=O)[nH]c([C@@H]2CCN(C(=O)c3ccccc3)C2)n1. The van der Waals surface area contributed by atoms with Gasteiger partial charge in [-0.1, -0.05) is 18.2 Å². The molecular formula is C21H20N4O3. The highest BCUT2D eigenvalue weighted by Crippen LogP contribution is 2.29. The third kappa shape index (κ3) is 3.51. The molecule has 1 aromatic carbocycles. The number of methoxy groups -OCH3 is 1. The summed E-state index contributed by atoms with van der Waals surface area (Å²) in [6.07, 6.45) is 2.37. The number of benzene rings is 1. The second kappa shape index (κ2) is 7.64. The van der Waals surface area contributed by atoms with Gasteiger partial charge in [-0.25, -0.2) is 9.97 Å². The van der Waals surface area contributed by atoms with Crippen LogP contribution < -0.4 is 10.3 Å². The van der Waals surface area contributed by atoms with Crippen LogP contribution in [0.5, 0.6) is 5.88 Å². The molecule has 1 atom stereocenters. The van der Waals surface area contributed by atoms with Crippen LogP contribution >= 0.6 is 0 Å². The zero-order valence-corrected chi connectivity index (χ0v) is 15.5. The first-order chi connectivity index (χ1) is 13.7. The lowest BCUT2D eigenvalue weighted by Crippen LogP contribution is -2.28. The molecule has 3 heterocycles. The summed E-state index contributed by atoms with van der Waals surface area (Å²) in [4.78, 5) is 38.4. The average Bonchev–Trinajstić information content (AvgIpc) is 3.23. The van der Waals surface area contributed by atoms with Gasteiger partial charge in [0.25, 0.3) is 11.5 Å². The summed E-state index contributed by atoms with van der Waals surface area (Å²) >= 11 is 0. The summed E-state index contributed by atoms with van der Waals surface area (Å²) < 4.78 is 5.29. The number of rotatable bonds is 4. The van der Waals surface area contributed by atoms with Crippen molar-refractivity contribution in [2.24, 2.45) is 0 Å². The fourth-order valence-corrected chi connectivity index (χ4v) is 3.49. The first-order valence-corrected chi connectivity index (χ1v) is 9.10. The minimum atomic E-state index is -0.237. The molecule has 3 aromatic rings. The Bertz CT molecular complexity index is 1050. The summed E-state index contributed by atoms with van der Waals surface area (Å²) in [5.41, 5.74) is 1.60. The van der Waals surface area contributed by atoms with E-state index in [0.29, 0.717) is 41.6 Å². The predicted molar refractivity (Wildman–Crippen MR) is 104 cm³/mol. The van der Waals surface area contributed by atoms with Gasteiger partial charge < -0.3 is 14.6 Å². The summed E-state index contributed by atoms with van der Waals surface area (Å²) in [6.45, 7) is 1.15. The standard InChI is InChI=1S/C21H20N4O3/c1-28-20-16(8-5-10-22-20)17-12-18(26)24-19(23-17)15-9-11-25(13-15)21(27)14-6-3-2-4-7-14/h2-8,10,12,15H,9,11,13H2,1H3,(H,23,24,26)/t15-/m1/s1. The van der Waals surface area contributed by atoms with Crippen LogP contribution in [0.25, 0.3) is 11.3 Å². The Balaban J connectivity index is 1.60. The van der Waals surface area contributed by atoms with E-state index in [1.54, 1.807) is 17.2 Å². The summed E-state index contributed by atoms with van der Waals surface area (Å²) in [6, 6.07) is 14.2. The van der Waals surface area contributed by atoms with Crippen molar-refractivity contribution in [1.29, 1.82) is 0 Å². The topological polar surface area (TPSA) is 88.2 Å². The van der Waals surface area contributed by atoms with Crippen LogP contribution in [0.4, 0.5) is 0 Å². The lowest BCUT2D eigenvalue weighted by atomic mass is 10.1.